The molecule has 1 fully saturated rings. The number of nitrogens with one attached hydrogen (secondary N) is 1. The number of hydrogen-bond donors (Lipinski definition) is 1. The lowest BCUT2D eigenvalue weighted by atomic mass is 10.0. The van der Waals surface area contributed by atoms with Crippen molar-refractivity contribution in [1.29, 1.82) is 0 Å². The molecule has 2 amide bonds. The molecule has 2 aliphatic heterocycles. The molecule has 1 saturated heterocycles. The number of aromatic nitrogens is 3. The van der Waals surface area contributed by atoms with E-state index in [1.165, 1.54) is 10.9 Å². The Hall–Kier alpha value is -3.22. The molecular formula is C24H27N5O2. The standard InChI is InChI=1S/C24H27N5O2/c1-15-18-8-10-21(30)28(2)24(18)27-23(26-15)17-11-12-29(14-17)22(31)9-7-16-13-25-20-6-4-3-5-19(16)20/h3-6,13,17,25H,7-12,14H2,1-2H3/t17-/m0/s1. The summed E-state index contributed by atoms with van der Waals surface area (Å²) in [5.41, 5.74) is 4.30. The molecule has 1 N–H and O–H groups in total. The van der Waals surface area contributed by atoms with Crippen molar-refractivity contribution in [1.82, 2.24) is 19.9 Å². The van der Waals surface area contributed by atoms with Crippen LogP contribution in [0.3, 0.4) is 0 Å². The summed E-state index contributed by atoms with van der Waals surface area (Å²) in [6, 6.07) is 8.18. The second-order valence-corrected chi connectivity index (χ2v) is 8.61. The molecule has 0 saturated carbocycles. The zero-order valence-electron chi connectivity index (χ0n) is 18.0. The Bertz CT molecular complexity index is 1170. The molecule has 7 nitrogen and oxygen atoms in total. The third-order valence-electron chi connectivity index (χ3n) is 6.68. The quantitative estimate of drug-likeness (QED) is 0.707. The first-order valence-corrected chi connectivity index (χ1v) is 11.0. The Morgan fingerprint density at radius 2 is 2.06 bits per heavy atom. The van der Waals surface area contributed by atoms with Crippen molar-refractivity contribution < 1.29 is 9.59 Å². The normalized spacial score (nSPS) is 18.6. The van der Waals surface area contributed by atoms with Gasteiger partial charge in [0.25, 0.3) is 0 Å². The van der Waals surface area contributed by atoms with E-state index in [2.05, 4.69) is 17.1 Å². The summed E-state index contributed by atoms with van der Waals surface area (Å²) in [6.45, 7) is 3.36. The molecule has 0 aliphatic carbocycles. The molecule has 1 atom stereocenters. The van der Waals surface area contributed by atoms with Gasteiger partial charge in [0, 0.05) is 67.3 Å². The first-order chi connectivity index (χ1) is 15.0. The molecule has 5 rings (SSSR count). The topological polar surface area (TPSA) is 82.2 Å². The minimum atomic E-state index is 0.0945. The van der Waals surface area contributed by atoms with Crippen molar-refractivity contribution in [2.75, 3.05) is 25.0 Å². The van der Waals surface area contributed by atoms with Crippen LogP contribution in [0.1, 0.15) is 47.8 Å². The Balaban J connectivity index is 1.26. The number of amides is 2. The maximum Gasteiger partial charge on any atom is 0.228 e. The summed E-state index contributed by atoms with van der Waals surface area (Å²) in [4.78, 5) is 41.3. The number of nitrogens with zero attached hydrogens (tertiary/aromatic N) is 4. The van der Waals surface area contributed by atoms with Crippen LogP contribution >= 0.6 is 0 Å². The fourth-order valence-electron chi connectivity index (χ4n) is 4.81. The van der Waals surface area contributed by atoms with Gasteiger partial charge in [0.15, 0.2) is 0 Å². The summed E-state index contributed by atoms with van der Waals surface area (Å²) < 4.78 is 0. The Morgan fingerprint density at radius 3 is 2.94 bits per heavy atom. The van der Waals surface area contributed by atoms with E-state index < -0.39 is 0 Å². The van der Waals surface area contributed by atoms with Crippen LogP contribution in [0, 0.1) is 6.92 Å². The fraction of sp³-hybridized carbons (Fsp3) is 0.417. The van der Waals surface area contributed by atoms with Gasteiger partial charge < -0.3 is 9.88 Å². The predicted molar refractivity (Wildman–Crippen MR) is 119 cm³/mol. The van der Waals surface area contributed by atoms with Crippen LogP contribution < -0.4 is 4.90 Å². The molecular weight excluding hydrogens is 390 g/mol. The lowest BCUT2D eigenvalue weighted by Gasteiger charge is -2.26. The van der Waals surface area contributed by atoms with Crippen molar-refractivity contribution in [2.45, 2.75) is 44.9 Å². The molecule has 0 unspecified atom stereocenters. The van der Waals surface area contributed by atoms with E-state index in [1.54, 1.807) is 11.9 Å². The number of carbonyl (C=O) groups excluding carboxylic acids is 2. The van der Waals surface area contributed by atoms with Crippen molar-refractivity contribution in [3.8, 4) is 0 Å². The number of benzene rings is 1. The largest absolute Gasteiger partial charge is 0.361 e. The average Bonchev–Trinajstić information content (AvgIpc) is 3.42. The van der Waals surface area contributed by atoms with Crippen molar-refractivity contribution in [3.63, 3.8) is 0 Å². The van der Waals surface area contributed by atoms with E-state index in [-0.39, 0.29) is 17.7 Å². The first-order valence-electron chi connectivity index (χ1n) is 11.0. The van der Waals surface area contributed by atoms with Gasteiger partial charge in [-0.1, -0.05) is 18.2 Å². The van der Waals surface area contributed by atoms with E-state index in [0.717, 1.165) is 47.8 Å². The van der Waals surface area contributed by atoms with Gasteiger partial charge in [-0.2, -0.15) is 0 Å². The van der Waals surface area contributed by atoms with Crippen LogP contribution in [0.2, 0.25) is 0 Å². The van der Waals surface area contributed by atoms with Gasteiger partial charge in [-0.25, -0.2) is 9.97 Å². The molecule has 2 aromatic heterocycles. The molecule has 0 bridgehead atoms. The average molecular weight is 418 g/mol. The number of hydrogen-bond acceptors (Lipinski definition) is 4. The minimum absolute atomic E-state index is 0.0945. The summed E-state index contributed by atoms with van der Waals surface area (Å²) in [7, 11) is 1.78. The molecule has 4 heterocycles. The second kappa shape index (κ2) is 7.80. The first kappa shape index (κ1) is 19.7. The van der Waals surface area contributed by atoms with Crippen molar-refractivity contribution >= 4 is 28.5 Å². The van der Waals surface area contributed by atoms with Gasteiger partial charge in [0.1, 0.15) is 11.6 Å². The summed E-state index contributed by atoms with van der Waals surface area (Å²) in [5, 5.41) is 1.19. The second-order valence-electron chi connectivity index (χ2n) is 8.61. The van der Waals surface area contributed by atoms with E-state index in [0.29, 0.717) is 25.8 Å². The molecule has 0 spiro atoms. The Kier molecular flexibility index (Phi) is 4.96. The van der Waals surface area contributed by atoms with Gasteiger partial charge in [0.2, 0.25) is 11.8 Å². The lowest BCUT2D eigenvalue weighted by molar-refractivity contribution is -0.130. The zero-order chi connectivity index (χ0) is 21.5. The van der Waals surface area contributed by atoms with Crippen LogP contribution in [-0.4, -0.2) is 51.8 Å². The summed E-state index contributed by atoms with van der Waals surface area (Å²) >= 11 is 0. The van der Waals surface area contributed by atoms with Gasteiger partial charge in [-0.15, -0.1) is 0 Å². The summed E-state index contributed by atoms with van der Waals surface area (Å²) in [6.07, 6.45) is 5.30. The van der Waals surface area contributed by atoms with E-state index in [1.807, 2.05) is 30.2 Å². The molecule has 31 heavy (non-hydrogen) atoms. The fourth-order valence-corrected chi connectivity index (χ4v) is 4.81. The van der Waals surface area contributed by atoms with E-state index >= 15 is 0 Å². The third kappa shape index (κ3) is 3.58. The van der Waals surface area contributed by atoms with Crippen LogP contribution in [0.15, 0.2) is 30.5 Å². The molecule has 2 aliphatic rings. The van der Waals surface area contributed by atoms with Crippen molar-refractivity contribution in [3.05, 3.63) is 53.1 Å². The SMILES string of the molecule is Cc1nc([C@H]2CCN(C(=O)CCc3c[nH]c4ccccc34)C2)nc2c1CCC(=O)N2C. The highest BCUT2D eigenvalue weighted by atomic mass is 16.2. The van der Waals surface area contributed by atoms with E-state index in [9.17, 15) is 9.59 Å². The molecule has 7 heteroatoms. The maximum atomic E-state index is 12.9. The number of aromatic amines is 1. The minimum Gasteiger partial charge on any atom is -0.361 e. The number of H-pyrrole nitrogens is 1. The highest BCUT2D eigenvalue weighted by Gasteiger charge is 2.32. The predicted octanol–water partition coefficient (Wildman–Crippen LogP) is 3.12. The molecule has 3 aromatic rings. The third-order valence-corrected chi connectivity index (χ3v) is 6.68. The highest BCUT2D eigenvalue weighted by molar-refractivity contribution is 5.94. The number of rotatable bonds is 4. The smallest absolute Gasteiger partial charge is 0.228 e. The van der Waals surface area contributed by atoms with Crippen LogP contribution in [0.4, 0.5) is 5.82 Å². The number of para-hydroxylation sites is 1. The molecule has 0 radical (unpaired) electrons. The molecule has 160 valence electrons. The summed E-state index contributed by atoms with van der Waals surface area (Å²) in [5.74, 6) is 1.88. The van der Waals surface area contributed by atoms with Gasteiger partial charge in [-0.05, 0) is 37.8 Å². The van der Waals surface area contributed by atoms with Gasteiger partial charge in [0.05, 0.1) is 0 Å². The van der Waals surface area contributed by atoms with Crippen LogP contribution in [-0.2, 0) is 22.4 Å². The van der Waals surface area contributed by atoms with Crippen LogP contribution in [0.25, 0.3) is 10.9 Å². The number of fused-ring (bicyclic) bond motifs is 2. The number of anilines is 1. The molecule has 1 aromatic carbocycles. The van der Waals surface area contributed by atoms with Crippen molar-refractivity contribution in [2.24, 2.45) is 0 Å². The van der Waals surface area contributed by atoms with E-state index in [4.69, 9.17) is 9.97 Å². The van der Waals surface area contributed by atoms with Gasteiger partial charge in [-0.3, -0.25) is 14.5 Å². The number of likely N-dealkylation sites (tertiary alicyclic amines) is 1. The lowest BCUT2D eigenvalue weighted by Crippen LogP contribution is -2.33. The highest BCUT2D eigenvalue weighted by Crippen LogP contribution is 2.31. The number of aryl methyl sites for hydroxylation is 2. The van der Waals surface area contributed by atoms with Crippen LogP contribution in [0.5, 0.6) is 0 Å². The maximum absolute atomic E-state index is 12.9. The number of carbonyl (C=O) groups is 2. The Labute approximate surface area is 181 Å². The zero-order valence-corrected chi connectivity index (χ0v) is 18.0. The Morgan fingerprint density at radius 1 is 1.23 bits per heavy atom. The van der Waals surface area contributed by atoms with Gasteiger partial charge >= 0.3 is 0 Å². The monoisotopic (exact) mass is 417 g/mol.